The van der Waals surface area contributed by atoms with Crippen LogP contribution in [0.25, 0.3) is 0 Å². The summed E-state index contributed by atoms with van der Waals surface area (Å²) >= 11 is 0. The Kier molecular flexibility index (Phi) is 18.7. The first-order valence-electron chi connectivity index (χ1n) is 14.9. The van der Waals surface area contributed by atoms with E-state index in [-0.39, 0.29) is 5.75 Å². The summed E-state index contributed by atoms with van der Waals surface area (Å²) in [6.07, 6.45) is 31.8. The molecule has 0 aromatic heterocycles. The molecule has 2 aliphatic heterocycles. The van der Waals surface area contributed by atoms with Gasteiger partial charge in [0, 0.05) is 18.7 Å². The molecule has 1 fully saturated rings. The summed E-state index contributed by atoms with van der Waals surface area (Å²) in [6.45, 7) is 6.31. The van der Waals surface area contributed by atoms with Crippen LogP contribution >= 0.6 is 0 Å². The van der Waals surface area contributed by atoms with Crippen LogP contribution in [0.5, 0.6) is 0 Å². The molecule has 7 nitrogen and oxygen atoms in total. The number of quaternary nitrogens is 1. The van der Waals surface area contributed by atoms with Gasteiger partial charge >= 0.3 is 0 Å². The maximum Gasteiger partial charge on any atom is 0.226 e. The maximum absolute atomic E-state index is 12.1. The van der Waals surface area contributed by atoms with Gasteiger partial charge in [0.05, 0.1) is 16.7 Å². The van der Waals surface area contributed by atoms with Crippen LogP contribution in [0.1, 0.15) is 129 Å². The zero-order chi connectivity index (χ0) is 27.2. The molecule has 0 N–H and O–H groups in total. The number of hydrogen-bond donors (Lipinski definition) is 0. The van der Waals surface area contributed by atoms with Crippen LogP contribution in [0, 0.1) is 0 Å². The molecule has 0 bridgehead atoms. The fourth-order valence-electron chi connectivity index (χ4n) is 4.85. The van der Waals surface area contributed by atoms with Crippen molar-refractivity contribution in [3.05, 3.63) is 24.9 Å². The Morgan fingerprint density at radius 3 is 1.62 bits per heavy atom. The zero-order valence-corrected chi connectivity index (χ0v) is 24.5. The zero-order valence-electron chi connectivity index (χ0n) is 23.7. The van der Waals surface area contributed by atoms with Crippen LogP contribution in [-0.4, -0.2) is 53.8 Å². The van der Waals surface area contributed by atoms with Crippen LogP contribution < -0.4 is 0 Å². The lowest BCUT2D eigenvalue weighted by molar-refractivity contribution is -0.840. The quantitative estimate of drug-likeness (QED) is 0.0924. The number of carbonyl (C=O) groups excluding carboxylic acids is 1. The molecule has 0 aliphatic carbocycles. The molecule has 0 aromatic rings. The SMILES string of the molecule is CCCCCCCCCCCCCCCCCC[N+]1(CN2CCCC2=O)C=COC=C1.CCS(=O)(=O)[O-]. The van der Waals surface area contributed by atoms with Crippen molar-refractivity contribution in [1.82, 2.24) is 4.90 Å². The molecule has 0 aromatic carbocycles. The highest BCUT2D eigenvalue weighted by molar-refractivity contribution is 7.85. The van der Waals surface area contributed by atoms with Crippen molar-refractivity contribution in [2.24, 2.45) is 0 Å². The Morgan fingerprint density at radius 2 is 1.24 bits per heavy atom. The molecule has 1 saturated heterocycles. The second-order valence-corrected chi connectivity index (χ2v) is 12.3. The Labute approximate surface area is 227 Å². The number of likely N-dealkylation sites (tertiary alicyclic amines) is 1. The number of rotatable bonds is 20. The fraction of sp³-hybridized carbons (Fsp3) is 0.828. The van der Waals surface area contributed by atoms with Gasteiger partial charge in [-0.1, -0.05) is 104 Å². The minimum atomic E-state index is -3.91. The molecule has 216 valence electrons. The van der Waals surface area contributed by atoms with Crippen LogP contribution in [0.4, 0.5) is 0 Å². The molecular formula is C29H54N2O5S. The van der Waals surface area contributed by atoms with E-state index >= 15 is 0 Å². The molecule has 0 radical (unpaired) electrons. The maximum atomic E-state index is 12.1. The lowest BCUT2D eigenvalue weighted by Gasteiger charge is -2.35. The van der Waals surface area contributed by atoms with Crippen LogP contribution in [-0.2, 0) is 19.6 Å². The summed E-state index contributed by atoms with van der Waals surface area (Å²) in [4.78, 5) is 14.1. The van der Waals surface area contributed by atoms with E-state index in [0.717, 1.165) is 30.7 Å². The average molecular weight is 543 g/mol. The first-order chi connectivity index (χ1) is 17.8. The molecule has 2 rings (SSSR count). The standard InChI is InChI=1S/C27H49N2O2.C2H6O3S/c1-2-3-4-5-6-7-8-9-10-11-12-13-14-15-16-17-21-29(22-24-31-25-23-29)26-28-20-18-19-27(28)30;1-2-6(3,4)5/h22-25H,2-21,26H2,1H3;2H2,1H3,(H,3,4,5)/q+1;/p-1. The molecule has 0 atom stereocenters. The van der Waals surface area contributed by atoms with Crippen molar-refractivity contribution in [3.8, 4) is 0 Å². The van der Waals surface area contributed by atoms with E-state index in [4.69, 9.17) is 4.74 Å². The third-order valence-corrected chi connectivity index (χ3v) is 7.97. The van der Waals surface area contributed by atoms with Gasteiger partial charge in [-0.05, 0) is 19.3 Å². The summed E-state index contributed by atoms with van der Waals surface area (Å²) < 4.78 is 34.3. The summed E-state index contributed by atoms with van der Waals surface area (Å²) in [5.41, 5.74) is 0. The minimum absolute atomic E-state index is 0.303. The topological polar surface area (TPSA) is 86.7 Å². The van der Waals surface area contributed by atoms with Crippen molar-refractivity contribution >= 4 is 16.0 Å². The van der Waals surface area contributed by atoms with Gasteiger partial charge < -0.3 is 9.29 Å². The monoisotopic (exact) mass is 542 g/mol. The smallest absolute Gasteiger partial charge is 0.226 e. The highest BCUT2D eigenvalue weighted by Crippen LogP contribution is 2.22. The third-order valence-electron chi connectivity index (χ3n) is 7.26. The molecule has 37 heavy (non-hydrogen) atoms. The summed E-state index contributed by atoms with van der Waals surface area (Å²) in [5, 5.41) is 0. The van der Waals surface area contributed by atoms with Gasteiger partial charge in [0.15, 0.2) is 6.67 Å². The van der Waals surface area contributed by atoms with Crippen LogP contribution in [0.15, 0.2) is 24.9 Å². The molecule has 0 saturated carbocycles. The van der Waals surface area contributed by atoms with E-state index < -0.39 is 10.1 Å². The molecule has 1 amide bonds. The van der Waals surface area contributed by atoms with E-state index in [2.05, 4.69) is 19.3 Å². The van der Waals surface area contributed by atoms with E-state index in [9.17, 15) is 17.8 Å². The third kappa shape index (κ3) is 17.7. The molecule has 2 heterocycles. The predicted octanol–water partition coefficient (Wildman–Crippen LogP) is 7.17. The van der Waals surface area contributed by atoms with Gasteiger partial charge in [-0.3, -0.25) is 9.69 Å². The van der Waals surface area contributed by atoms with Crippen molar-refractivity contribution in [3.63, 3.8) is 0 Å². The van der Waals surface area contributed by atoms with Gasteiger partial charge in [-0.15, -0.1) is 0 Å². The Morgan fingerprint density at radius 1 is 0.811 bits per heavy atom. The van der Waals surface area contributed by atoms with Crippen LogP contribution in [0.2, 0.25) is 0 Å². The number of amides is 1. The van der Waals surface area contributed by atoms with Gasteiger partial charge in [0.25, 0.3) is 0 Å². The fourth-order valence-corrected chi connectivity index (χ4v) is 4.85. The highest BCUT2D eigenvalue weighted by Gasteiger charge is 2.31. The van der Waals surface area contributed by atoms with Crippen molar-refractivity contribution in [2.75, 3.05) is 25.5 Å². The van der Waals surface area contributed by atoms with E-state index in [1.165, 1.54) is 110 Å². The Balaban J connectivity index is 0.00000102. The largest absolute Gasteiger partial charge is 0.748 e. The highest BCUT2D eigenvalue weighted by atomic mass is 32.2. The van der Waals surface area contributed by atoms with Crippen molar-refractivity contribution < 1.29 is 27.0 Å². The number of hydrogen-bond acceptors (Lipinski definition) is 5. The van der Waals surface area contributed by atoms with Gasteiger partial charge in [-0.2, -0.15) is 0 Å². The van der Waals surface area contributed by atoms with Gasteiger partial charge in [0.1, 0.15) is 24.9 Å². The molecule has 8 heteroatoms. The summed E-state index contributed by atoms with van der Waals surface area (Å²) in [6, 6.07) is 0. The van der Waals surface area contributed by atoms with Crippen LogP contribution in [0.3, 0.4) is 0 Å². The lowest BCUT2D eigenvalue weighted by atomic mass is 10.0. The van der Waals surface area contributed by atoms with Crippen molar-refractivity contribution in [2.45, 2.75) is 129 Å². The molecule has 2 aliphatic rings. The van der Waals surface area contributed by atoms with Gasteiger partial charge in [-0.25, -0.2) is 12.9 Å². The number of unbranched alkanes of at least 4 members (excludes halogenated alkanes) is 15. The number of ether oxygens (including phenoxy) is 1. The Hall–Kier alpha value is -1.38. The first-order valence-corrected chi connectivity index (χ1v) is 16.5. The molecular weight excluding hydrogens is 488 g/mol. The Bertz CT molecular complexity index is 739. The number of nitrogens with zero attached hydrogens (tertiary/aromatic N) is 2. The average Bonchev–Trinajstić information content (AvgIpc) is 3.28. The normalized spacial score (nSPS) is 16.5. The minimum Gasteiger partial charge on any atom is -0.748 e. The van der Waals surface area contributed by atoms with E-state index in [1.807, 2.05) is 4.90 Å². The van der Waals surface area contributed by atoms with Crippen molar-refractivity contribution in [1.29, 1.82) is 0 Å². The number of carbonyl (C=O) groups is 1. The first kappa shape index (κ1) is 33.6. The van der Waals surface area contributed by atoms with Gasteiger partial charge in [0.2, 0.25) is 5.91 Å². The molecule has 0 unspecified atom stereocenters. The second-order valence-electron chi connectivity index (χ2n) is 10.6. The molecule has 0 spiro atoms. The summed E-state index contributed by atoms with van der Waals surface area (Å²) in [5.74, 6) is -0.00901. The lowest BCUT2D eigenvalue weighted by Crippen LogP contribution is -2.48. The van der Waals surface area contributed by atoms with E-state index in [0.29, 0.717) is 12.3 Å². The summed E-state index contributed by atoms with van der Waals surface area (Å²) in [7, 11) is -3.91. The van der Waals surface area contributed by atoms with E-state index in [1.54, 1.807) is 12.5 Å². The predicted molar refractivity (Wildman–Crippen MR) is 150 cm³/mol. The second kappa shape index (κ2) is 20.6.